The van der Waals surface area contributed by atoms with E-state index in [9.17, 15) is 9.59 Å². The van der Waals surface area contributed by atoms with Crippen molar-refractivity contribution in [3.63, 3.8) is 0 Å². The number of H-pyrrole nitrogens is 1. The van der Waals surface area contributed by atoms with Crippen LogP contribution in [0.1, 0.15) is 50.9 Å². The average molecular weight is 415 g/mol. The molecule has 3 aromatic rings. The van der Waals surface area contributed by atoms with Gasteiger partial charge in [-0.05, 0) is 44.1 Å². The van der Waals surface area contributed by atoms with E-state index in [4.69, 9.17) is 0 Å². The first-order valence-corrected chi connectivity index (χ1v) is 9.32. The number of hydrogen-bond donors (Lipinski definition) is 3. The molecule has 8 nitrogen and oxygen atoms in total. The van der Waals surface area contributed by atoms with Crippen LogP contribution in [0.4, 0.5) is 5.95 Å². The van der Waals surface area contributed by atoms with Gasteiger partial charge in [-0.15, -0.1) is 12.4 Å². The van der Waals surface area contributed by atoms with Gasteiger partial charge in [-0.1, -0.05) is 12.1 Å². The largest absolute Gasteiger partial charge is 0.367 e. The first-order valence-electron chi connectivity index (χ1n) is 9.32. The number of halogens is 1. The number of hydrogen-bond acceptors (Lipinski definition) is 5. The van der Waals surface area contributed by atoms with Crippen LogP contribution in [0.5, 0.6) is 0 Å². The molecule has 3 heterocycles. The minimum Gasteiger partial charge on any atom is -0.367 e. The van der Waals surface area contributed by atoms with E-state index >= 15 is 0 Å². The molecule has 1 amide bonds. The highest BCUT2D eigenvalue weighted by Gasteiger charge is 2.21. The maximum absolute atomic E-state index is 12.6. The third-order valence-corrected chi connectivity index (χ3v) is 4.98. The lowest BCUT2D eigenvalue weighted by atomic mass is 9.98. The molecule has 2 aromatic heterocycles. The minimum absolute atomic E-state index is 0. The van der Waals surface area contributed by atoms with Crippen molar-refractivity contribution in [2.45, 2.75) is 18.8 Å². The Labute approximate surface area is 174 Å². The van der Waals surface area contributed by atoms with Crippen LogP contribution in [-0.2, 0) is 7.05 Å². The van der Waals surface area contributed by atoms with Crippen LogP contribution >= 0.6 is 12.4 Å². The first-order chi connectivity index (χ1) is 13.6. The molecule has 3 N–H and O–H groups in total. The van der Waals surface area contributed by atoms with Crippen LogP contribution in [0.2, 0.25) is 0 Å². The lowest BCUT2D eigenvalue weighted by molar-refractivity contribution is 0.101. The Morgan fingerprint density at radius 2 is 1.76 bits per heavy atom. The number of piperidine rings is 1. The minimum atomic E-state index is -0.284. The van der Waals surface area contributed by atoms with Crippen molar-refractivity contribution in [2.24, 2.45) is 7.05 Å². The van der Waals surface area contributed by atoms with E-state index in [0.29, 0.717) is 28.6 Å². The third-order valence-electron chi connectivity index (χ3n) is 4.98. The highest BCUT2D eigenvalue weighted by Crippen LogP contribution is 2.23. The number of amides is 1. The fourth-order valence-corrected chi connectivity index (χ4v) is 3.34. The number of anilines is 1. The Kier molecular flexibility index (Phi) is 6.46. The predicted molar refractivity (Wildman–Crippen MR) is 112 cm³/mol. The molecule has 1 aliphatic rings. The fraction of sp³-hybridized carbons (Fsp3) is 0.300. The van der Waals surface area contributed by atoms with E-state index in [1.807, 2.05) is 0 Å². The van der Waals surface area contributed by atoms with Crippen molar-refractivity contribution in [3.05, 3.63) is 65.2 Å². The summed E-state index contributed by atoms with van der Waals surface area (Å²) < 4.78 is 1.60. The number of nitrogens with one attached hydrogen (secondary N) is 3. The van der Waals surface area contributed by atoms with Gasteiger partial charge in [0.15, 0.2) is 11.6 Å². The highest BCUT2D eigenvalue weighted by atomic mass is 35.5. The van der Waals surface area contributed by atoms with Crippen molar-refractivity contribution in [3.8, 4) is 0 Å². The molecular formula is C20H23ClN6O2. The van der Waals surface area contributed by atoms with Crippen molar-refractivity contribution < 1.29 is 9.59 Å². The summed E-state index contributed by atoms with van der Waals surface area (Å²) in [7, 11) is 1.77. The third kappa shape index (κ3) is 4.55. The second-order valence-electron chi connectivity index (χ2n) is 6.90. The van der Waals surface area contributed by atoms with E-state index in [2.05, 4.69) is 25.7 Å². The zero-order chi connectivity index (χ0) is 19.5. The van der Waals surface area contributed by atoms with Gasteiger partial charge in [-0.2, -0.15) is 10.1 Å². The number of ketones is 1. The molecule has 0 atom stereocenters. The SMILES string of the molecule is Cl.Cn1nc(C2CCNCC2)nc1NC(=O)c1ccc(C(=O)c2cc[nH]c2)cc1. The van der Waals surface area contributed by atoms with Gasteiger partial charge >= 0.3 is 0 Å². The summed E-state index contributed by atoms with van der Waals surface area (Å²) >= 11 is 0. The van der Waals surface area contributed by atoms with E-state index in [-0.39, 0.29) is 24.1 Å². The number of carbonyl (C=O) groups excluding carboxylic acids is 2. The average Bonchev–Trinajstić information content (AvgIpc) is 3.39. The summed E-state index contributed by atoms with van der Waals surface area (Å²) in [5.41, 5.74) is 1.57. The molecule has 0 unspecified atom stereocenters. The zero-order valence-electron chi connectivity index (χ0n) is 16.0. The molecule has 29 heavy (non-hydrogen) atoms. The Hall–Kier alpha value is -2.97. The van der Waals surface area contributed by atoms with E-state index in [0.717, 1.165) is 31.8 Å². The zero-order valence-corrected chi connectivity index (χ0v) is 16.8. The predicted octanol–water partition coefficient (Wildman–Crippen LogP) is 2.52. The number of aromatic nitrogens is 4. The standard InChI is InChI=1S/C20H22N6O2.ClH/c1-26-20(23-18(25-26)14-6-9-21-10-7-14)24-19(28)15-4-2-13(3-5-15)17(27)16-8-11-22-12-16;/h2-5,8,11-12,14,21-22H,6-7,9-10H2,1H3,(H,23,24,25,28);1H. The summed E-state index contributed by atoms with van der Waals surface area (Å²) in [6.45, 7) is 1.91. The van der Waals surface area contributed by atoms with Gasteiger partial charge in [0.1, 0.15) is 0 Å². The molecular weight excluding hydrogens is 392 g/mol. The van der Waals surface area contributed by atoms with Crippen molar-refractivity contribution in [2.75, 3.05) is 18.4 Å². The topological polar surface area (TPSA) is 105 Å². The van der Waals surface area contributed by atoms with Gasteiger partial charge in [0.25, 0.3) is 5.91 Å². The molecule has 152 valence electrons. The van der Waals surface area contributed by atoms with Gasteiger partial charge in [0.2, 0.25) is 5.95 Å². The summed E-state index contributed by atoms with van der Waals surface area (Å²) in [4.78, 5) is 32.3. The molecule has 1 aliphatic heterocycles. The van der Waals surface area contributed by atoms with Crippen LogP contribution in [0.25, 0.3) is 0 Å². The Bertz CT molecular complexity index is 975. The van der Waals surface area contributed by atoms with E-state index in [1.54, 1.807) is 54.5 Å². The number of rotatable bonds is 5. The molecule has 0 aliphatic carbocycles. The molecule has 0 bridgehead atoms. The van der Waals surface area contributed by atoms with Gasteiger partial charge in [-0.3, -0.25) is 14.9 Å². The molecule has 1 fully saturated rings. The number of aryl methyl sites for hydroxylation is 1. The Morgan fingerprint density at radius 3 is 2.41 bits per heavy atom. The number of nitrogens with zero attached hydrogens (tertiary/aromatic N) is 3. The Balaban J connectivity index is 0.00000240. The summed E-state index contributed by atoms with van der Waals surface area (Å²) in [6, 6.07) is 8.30. The number of carbonyl (C=O) groups is 2. The quantitative estimate of drug-likeness (QED) is 0.556. The monoisotopic (exact) mass is 414 g/mol. The van der Waals surface area contributed by atoms with Crippen LogP contribution in [0.3, 0.4) is 0 Å². The number of aromatic amines is 1. The Morgan fingerprint density at radius 1 is 1.07 bits per heavy atom. The van der Waals surface area contributed by atoms with Gasteiger partial charge in [-0.25, -0.2) is 4.68 Å². The normalized spacial score (nSPS) is 14.2. The van der Waals surface area contributed by atoms with Crippen LogP contribution < -0.4 is 10.6 Å². The summed E-state index contributed by atoms with van der Waals surface area (Å²) in [5, 5.41) is 10.6. The molecule has 0 saturated carbocycles. The summed E-state index contributed by atoms with van der Waals surface area (Å²) in [6.07, 6.45) is 5.34. The maximum Gasteiger partial charge on any atom is 0.258 e. The molecule has 0 radical (unpaired) electrons. The lowest BCUT2D eigenvalue weighted by Gasteiger charge is -2.19. The smallest absolute Gasteiger partial charge is 0.258 e. The van der Waals surface area contributed by atoms with E-state index in [1.165, 1.54) is 0 Å². The first kappa shape index (κ1) is 20.8. The van der Waals surface area contributed by atoms with Gasteiger partial charge < -0.3 is 10.3 Å². The molecule has 1 aromatic carbocycles. The van der Waals surface area contributed by atoms with Crippen LogP contribution in [0, 0.1) is 0 Å². The highest BCUT2D eigenvalue weighted by molar-refractivity contribution is 6.10. The second kappa shape index (κ2) is 9.02. The van der Waals surface area contributed by atoms with Crippen molar-refractivity contribution in [1.82, 2.24) is 25.1 Å². The van der Waals surface area contributed by atoms with Crippen LogP contribution in [-0.4, -0.2) is 44.5 Å². The number of benzene rings is 1. The van der Waals surface area contributed by atoms with Crippen LogP contribution in [0.15, 0.2) is 42.7 Å². The second-order valence-corrected chi connectivity index (χ2v) is 6.90. The fourth-order valence-electron chi connectivity index (χ4n) is 3.34. The van der Waals surface area contributed by atoms with Gasteiger partial charge in [0.05, 0.1) is 0 Å². The lowest BCUT2D eigenvalue weighted by Crippen LogP contribution is -2.27. The van der Waals surface area contributed by atoms with Crippen molar-refractivity contribution in [1.29, 1.82) is 0 Å². The molecule has 9 heteroatoms. The van der Waals surface area contributed by atoms with Crippen molar-refractivity contribution >= 4 is 30.0 Å². The molecule has 0 spiro atoms. The van der Waals surface area contributed by atoms with E-state index < -0.39 is 0 Å². The maximum atomic E-state index is 12.6. The summed E-state index contributed by atoms with van der Waals surface area (Å²) in [5.74, 6) is 1.13. The molecule has 1 saturated heterocycles. The van der Waals surface area contributed by atoms with Gasteiger partial charge in [0, 0.05) is 42.0 Å². The molecule has 4 rings (SSSR count).